The van der Waals surface area contributed by atoms with Crippen LogP contribution in [0.5, 0.6) is 5.75 Å². The number of carbonyl (C=O) groups excluding carboxylic acids is 1. The summed E-state index contributed by atoms with van der Waals surface area (Å²) < 4.78 is 13.3. The van der Waals surface area contributed by atoms with Gasteiger partial charge in [-0.25, -0.2) is 4.79 Å². The molecule has 0 aliphatic rings. The quantitative estimate of drug-likeness (QED) is 0.476. The van der Waals surface area contributed by atoms with Crippen molar-refractivity contribution in [3.05, 3.63) is 40.4 Å². The van der Waals surface area contributed by atoms with Crippen LogP contribution in [0.15, 0.2) is 36.7 Å². The van der Waals surface area contributed by atoms with Crippen molar-refractivity contribution in [2.75, 3.05) is 27.2 Å². The molecule has 29 heavy (non-hydrogen) atoms. The molecule has 0 amide bonds. The molecule has 0 spiro atoms. The maximum Gasteiger partial charge on any atom is 0.435 e. The van der Waals surface area contributed by atoms with Gasteiger partial charge in [-0.2, -0.15) is 9.78 Å². The van der Waals surface area contributed by atoms with Gasteiger partial charge in [0.15, 0.2) is 0 Å². The topological polar surface area (TPSA) is 69.5 Å². The van der Waals surface area contributed by atoms with E-state index in [1.807, 2.05) is 59.1 Å². The molecule has 0 N–H and O–H groups in total. The van der Waals surface area contributed by atoms with E-state index >= 15 is 0 Å². The van der Waals surface area contributed by atoms with Crippen LogP contribution in [-0.4, -0.2) is 58.6 Å². The number of hydrogen-bond donors (Lipinski definition) is 0. The molecule has 3 rings (SSSR count). The number of hydrogen-bond acceptors (Lipinski definition) is 6. The number of pyridine rings is 1. The van der Waals surface area contributed by atoms with Crippen LogP contribution >= 0.6 is 22.6 Å². The predicted octanol–water partition coefficient (Wildman–Crippen LogP) is 4.43. The number of rotatable bonds is 5. The zero-order valence-corrected chi connectivity index (χ0v) is 19.4. The first-order chi connectivity index (χ1) is 13.6. The molecule has 2 heterocycles. The Kier molecular flexibility index (Phi) is 6.42. The number of carbonyl (C=O) groups is 1. The first kappa shape index (κ1) is 21.5. The van der Waals surface area contributed by atoms with E-state index in [1.165, 1.54) is 4.68 Å². The van der Waals surface area contributed by atoms with Crippen molar-refractivity contribution >= 4 is 39.6 Å². The number of likely N-dealkylation sites (N-methyl/N-ethyl adjacent to an activating group) is 1. The Morgan fingerprint density at radius 1 is 1.17 bits per heavy atom. The van der Waals surface area contributed by atoms with Crippen molar-refractivity contribution in [3.8, 4) is 16.9 Å². The Bertz CT molecular complexity index is 1020. The lowest BCUT2D eigenvalue weighted by molar-refractivity contribution is 0.0522. The van der Waals surface area contributed by atoms with Crippen molar-refractivity contribution in [1.82, 2.24) is 19.7 Å². The number of fused-ring (bicyclic) bond motifs is 1. The van der Waals surface area contributed by atoms with Crippen molar-refractivity contribution in [2.45, 2.75) is 26.4 Å². The van der Waals surface area contributed by atoms with Gasteiger partial charge in [-0.15, -0.1) is 0 Å². The van der Waals surface area contributed by atoms with E-state index in [9.17, 15) is 4.79 Å². The van der Waals surface area contributed by atoms with E-state index in [2.05, 4.69) is 37.6 Å². The van der Waals surface area contributed by atoms with Gasteiger partial charge in [-0.1, -0.05) is 6.07 Å². The van der Waals surface area contributed by atoms with Gasteiger partial charge in [0.1, 0.15) is 21.7 Å². The molecule has 3 aromatic rings. The predicted molar refractivity (Wildman–Crippen MR) is 121 cm³/mol. The molecule has 0 saturated heterocycles. The van der Waals surface area contributed by atoms with E-state index in [-0.39, 0.29) is 0 Å². The molecule has 154 valence electrons. The number of nitrogens with zero attached hydrogens (tertiary/aromatic N) is 4. The Hall–Kier alpha value is -2.20. The van der Waals surface area contributed by atoms with Crippen LogP contribution in [0.1, 0.15) is 20.8 Å². The van der Waals surface area contributed by atoms with Crippen LogP contribution < -0.4 is 4.74 Å². The van der Waals surface area contributed by atoms with E-state index < -0.39 is 11.7 Å². The monoisotopic (exact) mass is 508 g/mol. The van der Waals surface area contributed by atoms with Crippen LogP contribution in [0, 0.1) is 3.70 Å². The molecule has 0 aliphatic heterocycles. The minimum absolute atomic E-state index is 0.490. The van der Waals surface area contributed by atoms with E-state index in [0.717, 1.165) is 32.5 Å². The highest BCUT2D eigenvalue weighted by atomic mass is 127. The third kappa shape index (κ3) is 5.45. The lowest BCUT2D eigenvalue weighted by Crippen LogP contribution is -2.27. The van der Waals surface area contributed by atoms with Crippen molar-refractivity contribution in [3.63, 3.8) is 0 Å². The maximum atomic E-state index is 12.5. The largest absolute Gasteiger partial charge is 0.491 e. The summed E-state index contributed by atoms with van der Waals surface area (Å²) >= 11 is 2.13. The highest BCUT2D eigenvalue weighted by molar-refractivity contribution is 14.1. The lowest BCUT2D eigenvalue weighted by Gasteiger charge is -2.19. The highest BCUT2D eigenvalue weighted by Crippen LogP contribution is 2.29. The number of aromatic nitrogens is 3. The molecule has 0 atom stereocenters. The second kappa shape index (κ2) is 8.66. The molecule has 0 aliphatic carbocycles. The van der Waals surface area contributed by atoms with Gasteiger partial charge in [0.05, 0.1) is 11.7 Å². The first-order valence-electron chi connectivity index (χ1n) is 9.28. The summed E-state index contributed by atoms with van der Waals surface area (Å²) in [7, 11) is 4.01. The first-order valence-corrected chi connectivity index (χ1v) is 10.4. The van der Waals surface area contributed by atoms with E-state index in [4.69, 9.17) is 9.47 Å². The summed E-state index contributed by atoms with van der Waals surface area (Å²) in [6, 6.07) is 7.80. The summed E-state index contributed by atoms with van der Waals surface area (Å²) in [5.41, 5.74) is 2.04. The average molecular weight is 508 g/mol. The summed E-state index contributed by atoms with van der Waals surface area (Å²) in [4.78, 5) is 18.8. The molecule has 1 aromatic carbocycles. The normalized spacial score (nSPS) is 11.8. The molecule has 0 saturated carbocycles. The molecule has 7 nitrogen and oxygen atoms in total. The Morgan fingerprint density at radius 2 is 1.93 bits per heavy atom. The Balaban J connectivity index is 1.89. The molecule has 8 heteroatoms. The zero-order chi connectivity index (χ0) is 21.2. The minimum Gasteiger partial charge on any atom is -0.491 e. The molecule has 0 fully saturated rings. The average Bonchev–Trinajstić information content (AvgIpc) is 2.97. The molecular weight excluding hydrogens is 483 g/mol. The van der Waals surface area contributed by atoms with Gasteiger partial charge in [-0.05, 0) is 81.2 Å². The summed E-state index contributed by atoms with van der Waals surface area (Å²) in [5, 5.41) is 5.25. The zero-order valence-electron chi connectivity index (χ0n) is 17.3. The van der Waals surface area contributed by atoms with Gasteiger partial charge in [0.25, 0.3) is 0 Å². The third-order valence-corrected chi connectivity index (χ3v) is 4.85. The highest BCUT2D eigenvalue weighted by Gasteiger charge is 2.21. The van der Waals surface area contributed by atoms with Gasteiger partial charge in [-0.3, -0.25) is 4.98 Å². The van der Waals surface area contributed by atoms with Crippen LogP contribution in [0.25, 0.3) is 22.0 Å². The van der Waals surface area contributed by atoms with Crippen molar-refractivity contribution in [2.24, 2.45) is 0 Å². The molecule has 0 radical (unpaired) electrons. The molecule has 2 aromatic heterocycles. The van der Waals surface area contributed by atoms with Gasteiger partial charge in [0.2, 0.25) is 0 Å². The van der Waals surface area contributed by atoms with Crippen LogP contribution in [-0.2, 0) is 4.74 Å². The van der Waals surface area contributed by atoms with E-state index in [0.29, 0.717) is 12.1 Å². The summed E-state index contributed by atoms with van der Waals surface area (Å²) in [5.74, 6) is 0.726. The Morgan fingerprint density at radius 3 is 2.62 bits per heavy atom. The second-order valence-electron chi connectivity index (χ2n) is 7.98. The van der Waals surface area contributed by atoms with Crippen LogP contribution in [0.2, 0.25) is 0 Å². The number of ether oxygens (including phenoxy) is 2. The van der Waals surface area contributed by atoms with E-state index in [1.54, 1.807) is 12.4 Å². The van der Waals surface area contributed by atoms with Gasteiger partial charge >= 0.3 is 6.09 Å². The summed E-state index contributed by atoms with van der Waals surface area (Å²) in [6.45, 7) is 6.93. The Labute approximate surface area is 184 Å². The fourth-order valence-electron chi connectivity index (χ4n) is 2.71. The number of benzene rings is 1. The van der Waals surface area contributed by atoms with Crippen molar-refractivity contribution < 1.29 is 14.3 Å². The SMILES string of the molecule is CN(C)CCOc1cncc(-c2ccc3c(c2)c(I)nn3C(=O)OC(C)(C)C)c1. The molecular formula is C21H25IN4O3. The van der Waals surface area contributed by atoms with Crippen LogP contribution in [0.4, 0.5) is 4.79 Å². The van der Waals surface area contributed by atoms with Gasteiger partial charge in [0, 0.05) is 23.7 Å². The summed E-state index contributed by atoms with van der Waals surface area (Å²) in [6.07, 6.45) is 3.02. The second-order valence-corrected chi connectivity index (χ2v) is 9.00. The molecule has 0 unspecified atom stereocenters. The number of halogens is 1. The standard InChI is InChI=1S/C21H25IN4O3/c1-21(2,3)29-20(27)26-18-7-6-14(11-17(18)19(22)24-26)15-10-16(13-23-12-15)28-9-8-25(4)5/h6-7,10-13H,8-9H2,1-5H3. The smallest absolute Gasteiger partial charge is 0.435 e. The third-order valence-electron chi connectivity index (χ3n) is 4.05. The minimum atomic E-state index is -0.584. The fraction of sp³-hybridized carbons (Fsp3) is 0.381. The fourth-order valence-corrected chi connectivity index (χ4v) is 3.35. The van der Waals surface area contributed by atoms with Crippen LogP contribution in [0.3, 0.4) is 0 Å². The molecule has 0 bridgehead atoms. The lowest BCUT2D eigenvalue weighted by atomic mass is 10.1. The maximum absolute atomic E-state index is 12.5. The van der Waals surface area contributed by atoms with Gasteiger partial charge < -0.3 is 14.4 Å². The van der Waals surface area contributed by atoms with Crippen molar-refractivity contribution in [1.29, 1.82) is 0 Å².